The van der Waals surface area contributed by atoms with Crippen molar-refractivity contribution in [2.75, 3.05) is 13.1 Å². The highest BCUT2D eigenvalue weighted by Crippen LogP contribution is 2.28. The van der Waals surface area contributed by atoms with Crippen LogP contribution < -0.4 is 0 Å². The summed E-state index contributed by atoms with van der Waals surface area (Å²) < 4.78 is 5.79. The van der Waals surface area contributed by atoms with Gasteiger partial charge < -0.3 is 9.52 Å². The summed E-state index contributed by atoms with van der Waals surface area (Å²) in [7, 11) is 0. The molecule has 3 rings (SSSR count). The summed E-state index contributed by atoms with van der Waals surface area (Å²) in [4.78, 5) is 2.45. The third-order valence-corrected chi connectivity index (χ3v) is 3.67. The lowest BCUT2D eigenvalue weighted by Crippen LogP contribution is -2.23. The maximum absolute atomic E-state index is 9.76. The third kappa shape index (κ3) is 2.36. The fourth-order valence-electron chi connectivity index (χ4n) is 2.69. The maximum atomic E-state index is 9.76. The van der Waals surface area contributed by atoms with Gasteiger partial charge in [0.15, 0.2) is 0 Å². The van der Waals surface area contributed by atoms with Crippen LogP contribution in [0.1, 0.15) is 31.4 Å². The van der Waals surface area contributed by atoms with E-state index in [9.17, 15) is 5.11 Å². The van der Waals surface area contributed by atoms with E-state index in [4.69, 9.17) is 4.42 Å². The summed E-state index contributed by atoms with van der Waals surface area (Å²) in [6.07, 6.45) is 5.26. The number of hydrogen-bond donors (Lipinski definition) is 1. The summed E-state index contributed by atoms with van der Waals surface area (Å²) in [5, 5.41) is 10.6. The molecule has 1 saturated heterocycles. The molecule has 0 aliphatic carbocycles. The van der Waals surface area contributed by atoms with E-state index in [2.05, 4.69) is 4.90 Å². The number of phenolic OH excluding ortho intramolecular Hbond substituents is 1. The van der Waals surface area contributed by atoms with Crippen LogP contribution in [0.2, 0.25) is 0 Å². The van der Waals surface area contributed by atoms with Gasteiger partial charge >= 0.3 is 0 Å². The number of hydrogen-bond acceptors (Lipinski definition) is 3. The molecule has 18 heavy (non-hydrogen) atoms. The van der Waals surface area contributed by atoms with Crippen LogP contribution >= 0.6 is 0 Å². The Labute approximate surface area is 107 Å². The molecule has 2 aromatic rings. The minimum absolute atomic E-state index is 0.304. The lowest BCUT2D eigenvalue weighted by Gasteiger charge is -2.17. The molecule has 1 aromatic heterocycles. The van der Waals surface area contributed by atoms with Crippen molar-refractivity contribution in [1.29, 1.82) is 0 Å². The van der Waals surface area contributed by atoms with Gasteiger partial charge in [-0.3, -0.25) is 4.90 Å². The third-order valence-electron chi connectivity index (χ3n) is 3.67. The summed E-state index contributed by atoms with van der Waals surface area (Å²) in [5.41, 5.74) is 0.778. The molecule has 0 bridgehead atoms. The zero-order chi connectivity index (χ0) is 12.4. The summed E-state index contributed by atoms with van der Waals surface area (Å²) in [5.74, 6) is 1.26. The second-order valence-electron chi connectivity index (χ2n) is 5.09. The van der Waals surface area contributed by atoms with Crippen molar-refractivity contribution in [2.45, 2.75) is 32.2 Å². The van der Waals surface area contributed by atoms with Crippen LogP contribution in [0.5, 0.6) is 5.75 Å². The molecule has 1 aromatic carbocycles. The van der Waals surface area contributed by atoms with Gasteiger partial charge in [0.25, 0.3) is 0 Å². The number of benzene rings is 1. The van der Waals surface area contributed by atoms with Crippen LogP contribution in [0, 0.1) is 0 Å². The molecule has 96 valence electrons. The first-order chi connectivity index (χ1) is 8.83. The van der Waals surface area contributed by atoms with Gasteiger partial charge in [-0.2, -0.15) is 0 Å². The summed E-state index contributed by atoms with van der Waals surface area (Å²) >= 11 is 0. The first-order valence-corrected chi connectivity index (χ1v) is 6.76. The van der Waals surface area contributed by atoms with E-state index in [0.29, 0.717) is 5.75 Å². The van der Waals surface area contributed by atoms with Gasteiger partial charge in [0, 0.05) is 0 Å². The lowest BCUT2D eigenvalue weighted by molar-refractivity contribution is 0.256. The number of aromatic hydroxyl groups is 1. The zero-order valence-corrected chi connectivity index (χ0v) is 10.6. The van der Waals surface area contributed by atoms with E-state index in [1.165, 1.54) is 25.7 Å². The maximum Gasteiger partial charge on any atom is 0.138 e. The molecule has 0 radical (unpaired) electrons. The molecule has 0 amide bonds. The molecule has 3 nitrogen and oxygen atoms in total. The molecule has 0 saturated carbocycles. The Hall–Kier alpha value is -1.48. The number of furan rings is 1. The second-order valence-corrected chi connectivity index (χ2v) is 5.09. The quantitative estimate of drug-likeness (QED) is 0.879. The highest BCUT2D eigenvalue weighted by atomic mass is 16.3. The van der Waals surface area contributed by atoms with E-state index in [0.717, 1.165) is 36.4 Å². The van der Waals surface area contributed by atoms with Gasteiger partial charge in [0.2, 0.25) is 0 Å². The van der Waals surface area contributed by atoms with E-state index in [1.54, 1.807) is 6.07 Å². The Kier molecular flexibility index (Phi) is 3.24. The van der Waals surface area contributed by atoms with Crippen molar-refractivity contribution < 1.29 is 9.52 Å². The molecule has 1 N–H and O–H groups in total. The predicted molar refractivity (Wildman–Crippen MR) is 71.6 cm³/mol. The van der Waals surface area contributed by atoms with E-state index in [-0.39, 0.29) is 0 Å². The molecular formula is C15H19NO2. The minimum atomic E-state index is 0.304. The number of fused-ring (bicyclic) bond motifs is 1. The van der Waals surface area contributed by atoms with Crippen molar-refractivity contribution in [3.8, 4) is 5.75 Å². The molecule has 0 unspecified atom stereocenters. The molecule has 0 atom stereocenters. The van der Waals surface area contributed by atoms with Crippen LogP contribution in [-0.4, -0.2) is 23.1 Å². The molecule has 0 spiro atoms. The topological polar surface area (TPSA) is 36.6 Å². The molecule has 3 heteroatoms. The summed E-state index contributed by atoms with van der Waals surface area (Å²) in [6, 6.07) is 7.39. The molecule has 1 fully saturated rings. The van der Waals surface area contributed by atoms with Gasteiger partial charge in [-0.15, -0.1) is 0 Å². The number of likely N-dealkylation sites (tertiary alicyclic amines) is 1. The van der Waals surface area contributed by atoms with Crippen LogP contribution in [0.4, 0.5) is 0 Å². The number of nitrogens with zero attached hydrogens (tertiary/aromatic N) is 1. The monoisotopic (exact) mass is 245 g/mol. The Morgan fingerprint density at radius 1 is 1.11 bits per heavy atom. The van der Waals surface area contributed by atoms with E-state index >= 15 is 0 Å². The second kappa shape index (κ2) is 5.02. The Morgan fingerprint density at radius 3 is 2.61 bits per heavy atom. The van der Waals surface area contributed by atoms with Gasteiger partial charge in [-0.1, -0.05) is 18.9 Å². The first kappa shape index (κ1) is 11.6. The van der Waals surface area contributed by atoms with Crippen molar-refractivity contribution in [3.63, 3.8) is 0 Å². The van der Waals surface area contributed by atoms with Gasteiger partial charge in [0.05, 0.1) is 11.9 Å². The van der Waals surface area contributed by atoms with Gasteiger partial charge in [0.1, 0.15) is 17.1 Å². The predicted octanol–water partition coefficient (Wildman–Crippen LogP) is 3.51. The van der Waals surface area contributed by atoms with Crippen molar-refractivity contribution in [3.05, 3.63) is 30.0 Å². The van der Waals surface area contributed by atoms with E-state index < -0.39 is 0 Å². The van der Waals surface area contributed by atoms with Crippen LogP contribution in [0.15, 0.2) is 28.7 Å². The van der Waals surface area contributed by atoms with Crippen LogP contribution in [-0.2, 0) is 6.54 Å². The Balaban J connectivity index is 1.79. The smallest absolute Gasteiger partial charge is 0.138 e. The minimum Gasteiger partial charge on any atom is -0.507 e. The Bertz CT molecular complexity index is 524. The lowest BCUT2D eigenvalue weighted by atomic mass is 10.2. The molecule has 2 heterocycles. The first-order valence-electron chi connectivity index (χ1n) is 6.76. The molecule has 1 aliphatic heterocycles. The van der Waals surface area contributed by atoms with Crippen molar-refractivity contribution >= 4 is 11.0 Å². The van der Waals surface area contributed by atoms with Crippen LogP contribution in [0.3, 0.4) is 0 Å². The number of phenols is 1. The van der Waals surface area contributed by atoms with Gasteiger partial charge in [-0.05, 0) is 44.1 Å². The largest absolute Gasteiger partial charge is 0.507 e. The zero-order valence-electron chi connectivity index (χ0n) is 10.6. The highest BCUT2D eigenvalue weighted by Gasteiger charge is 2.13. The highest BCUT2D eigenvalue weighted by molar-refractivity contribution is 5.84. The average molecular weight is 245 g/mol. The molecule has 1 aliphatic rings. The SMILES string of the molecule is Oc1cccc2oc(CN3CCCCCC3)cc12. The Morgan fingerprint density at radius 2 is 1.89 bits per heavy atom. The van der Waals surface area contributed by atoms with E-state index in [1.807, 2.05) is 18.2 Å². The fraction of sp³-hybridized carbons (Fsp3) is 0.467. The number of rotatable bonds is 2. The normalized spacial score (nSPS) is 18.0. The molecular weight excluding hydrogens is 226 g/mol. The fourth-order valence-corrected chi connectivity index (χ4v) is 2.69. The van der Waals surface area contributed by atoms with Crippen LogP contribution in [0.25, 0.3) is 11.0 Å². The van der Waals surface area contributed by atoms with Crippen molar-refractivity contribution in [1.82, 2.24) is 4.90 Å². The standard InChI is InChI=1S/C15H19NO2/c17-14-6-5-7-15-13(14)10-12(18-15)11-16-8-3-1-2-4-9-16/h5-7,10,17H,1-4,8-9,11H2. The summed E-state index contributed by atoms with van der Waals surface area (Å²) in [6.45, 7) is 3.17. The van der Waals surface area contributed by atoms with Gasteiger partial charge in [-0.25, -0.2) is 0 Å². The average Bonchev–Trinajstić information content (AvgIpc) is 2.60. The van der Waals surface area contributed by atoms with Crippen molar-refractivity contribution in [2.24, 2.45) is 0 Å².